The van der Waals surface area contributed by atoms with Crippen molar-refractivity contribution in [3.05, 3.63) is 0 Å². The van der Waals surface area contributed by atoms with Gasteiger partial charge in [-0.15, -0.1) is 0 Å². The smallest absolute Gasteiger partial charge is 0.372 e. The quantitative estimate of drug-likeness (QED) is 0.603. The highest BCUT2D eigenvalue weighted by atomic mass is 19.4. The van der Waals surface area contributed by atoms with Crippen LogP contribution in [0.5, 0.6) is 0 Å². The van der Waals surface area contributed by atoms with E-state index in [4.69, 9.17) is 0 Å². The molecule has 0 radical (unpaired) electrons. The van der Waals surface area contributed by atoms with Crippen LogP contribution in [0.1, 0.15) is 46.0 Å². The first-order valence-electron chi connectivity index (χ1n) is 6.33. The Bertz CT molecular complexity index is 174. The fourth-order valence-electron chi connectivity index (χ4n) is 1.51. The van der Waals surface area contributed by atoms with Crippen molar-refractivity contribution in [2.45, 2.75) is 58.2 Å². The average Bonchev–Trinajstić information content (AvgIpc) is 2.22. The Morgan fingerprint density at radius 2 is 1.88 bits per heavy atom. The first-order valence-corrected chi connectivity index (χ1v) is 6.33. The molecule has 0 aliphatic carbocycles. The van der Waals surface area contributed by atoms with Crippen LogP contribution in [-0.4, -0.2) is 32.0 Å². The first-order chi connectivity index (χ1) is 7.95. The molecule has 0 saturated heterocycles. The van der Waals surface area contributed by atoms with E-state index in [9.17, 15) is 13.2 Å². The van der Waals surface area contributed by atoms with E-state index < -0.39 is 12.8 Å². The number of unbranched alkanes of at least 4 members (excludes halogenated alkanes) is 2. The maximum atomic E-state index is 11.7. The van der Waals surface area contributed by atoms with Crippen LogP contribution < -0.4 is 5.32 Å². The summed E-state index contributed by atoms with van der Waals surface area (Å²) in [6.45, 7) is 4.00. The lowest BCUT2D eigenvalue weighted by atomic mass is 10.1. The number of hydrogen-bond acceptors (Lipinski definition) is 2. The molecule has 0 aliphatic rings. The molecule has 1 unspecified atom stereocenters. The summed E-state index contributed by atoms with van der Waals surface area (Å²) in [4.78, 5) is 0. The molecule has 0 bridgehead atoms. The molecule has 0 aliphatic heterocycles. The molecule has 0 heterocycles. The van der Waals surface area contributed by atoms with Gasteiger partial charge in [-0.05, 0) is 26.3 Å². The van der Waals surface area contributed by atoms with Gasteiger partial charge in [0, 0.05) is 12.6 Å². The third kappa shape index (κ3) is 13.6. The zero-order valence-corrected chi connectivity index (χ0v) is 10.8. The van der Waals surface area contributed by atoms with Crippen molar-refractivity contribution >= 4 is 0 Å². The van der Waals surface area contributed by atoms with Crippen LogP contribution in [0, 0.1) is 0 Å². The van der Waals surface area contributed by atoms with Gasteiger partial charge in [-0.1, -0.05) is 26.2 Å². The third-order valence-corrected chi connectivity index (χ3v) is 2.46. The summed E-state index contributed by atoms with van der Waals surface area (Å²) >= 11 is 0. The summed E-state index contributed by atoms with van der Waals surface area (Å²) < 4.78 is 39.7. The molecule has 0 aromatic carbocycles. The van der Waals surface area contributed by atoms with Crippen molar-refractivity contribution in [2.75, 3.05) is 19.8 Å². The standard InChI is InChI=1S/C12H24F3NO/c1-3-4-5-7-11(2)16-8-6-9-17-10-12(13,14)15/h11,16H,3-10H2,1-2H3. The minimum absolute atomic E-state index is 0.161. The lowest BCUT2D eigenvalue weighted by Crippen LogP contribution is -2.28. The zero-order chi connectivity index (χ0) is 13.1. The molecule has 1 N–H and O–H groups in total. The molecular weight excluding hydrogens is 231 g/mol. The van der Waals surface area contributed by atoms with Crippen LogP contribution in [0.4, 0.5) is 13.2 Å². The van der Waals surface area contributed by atoms with Crippen LogP contribution in [0.15, 0.2) is 0 Å². The van der Waals surface area contributed by atoms with Crippen molar-refractivity contribution in [1.29, 1.82) is 0 Å². The number of alkyl halides is 3. The predicted octanol–water partition coefficient (Wildman–Crippen LogP) is 3.51. The second-order valence-electron chi connectivity index (χ2n) is 4.37. The monoisotopic (exact) mass is 255 g/mol. The Hall–Kier alpha value is -0.290. The van der Waals surface area contributed by atoms with E-state index in [2.05, 4.69) is 23.9 Å². The second-order valence-corrected chi connectivity index (χ2v) is 4.37. The third-order valence-electron chi connectivity index (χ3n) is 2.46. The molecule has 0 spiro atoms. The summed E-state index contributed by atoms with van der Waals surface area (Å²) in [5, 5.41) is 3.28. The van der Waals surface area contributed by atoms with Crippen molar-refractivity contribution in [1.82, 2.24) is 5.32 Å². The summed E-state index contributed by atoms with van der Waals surface area (Å²) in [5.41, 5.74) is 0. The van der Waals surface area contributed by atoms with E-state index in [1.807, 2.05) is 0 Å². The second kappa shape index (κ2) is 9.71. The van der Waals surface area contributed by atoms with Gasteiger partial charge in [-0.2, -0.15) is 13.2 Å². The summed E-state index contributed by atoms with van der Waals surface area (Å²) in [6.07, 6.45) is 1.18. The van der Waals surface area contributed by atoms with Crippen LogP contribution >= 0.6 is 0 Å². The van der Waals surface area contributed by atoms with Crippen molar-refractivity contribution in [3.8, 4) is 0 Å². The Kier molecular flexibility index (Phi) is 9.55. The van der Waals surface area contributed by atoms with Gasteiger partial charge in [0.2, 0.25) is 0 Å². The molecule has 104 valence electrons. The lowest BCUT2D eigenvalue weighted by Gasteiger charge is -2.13. The van der Waals surface area contributed by atoms with Gasteiger partial charge >= 0.3 is 6.18 Å². The first kappa shape index (κ1) is 16.7. The van der Waals surface area contributed by atoms with Gasteiger partial charge in [0.1, 0.15) is 6.61 Å². The molecule has 1 atom stereocenters. The predicted molar refractivity (Wildman–Crippen MR) is 63.1 cm³/mol. The SMILES string of the molecule is CCCCCC(C)NCCCOCC(F)(F)F. The summed E-state index contributed by atoms with van der Waals surface area (Å²) in [7, 11) is 0. The number of halogens is 3. The van der Waals surface area contributed by atoms with Crippen molar-refractivity contribution in [2.24, 2.45) is 0 Å². The number of rotatable bonds is 10. The van der Waals surface area contributed by atoms with Gasteiger partial charge < -0.3 is 10.1 Å². The highest BCUT2D eigenvalue weighted by molar-refractivity contribution is 4.60. The number of ether oxygens (including phenoxy) is 1. The summed E-state index contributed by atoms with van der Waals surface area (Å²) in [5.74, 6) is 0. The van der Waals surface area contributed by atoms with Gasteiger partial charge in [0.15, 0.2) is 0 Å². The molecule has 0 amide bonds. The van der Waals surface area contributed by atoms with E-state index in [1.165, 1.54) is 19.3 Å². The van der Waals surface area contributed by atoms with Crippen LogP contribution in [0.25, 0.3) is 0 Å². The minimum Gasteiger partial charge on any atom is -0.372 e. The van der Waals surface area contributed by atoms with Crippen LogP contribution in [0.3, 0.4) is 0 Å². The Morgan fingerprint density at radius 1 is 1.18 bits per heavy atom. The minimum atomic E-state index is -4.21. The Labute approximate surface area is 102 Å². The fourth-order valence-corrected chi connectivity index (χ4v) is 1.51. The van der Waals surface area contributed by atoms with Crippen LogP contribution in [0.2, 0.25) is 0 Å². The van der Waals surface area contributed by atoms with E-state index in [-0.39, 0.29) is 6.61 Å². The van der Waals surface area contributed by atoms with Crippen LogP contribution in [-0.2, 0) is 4.74 Å². The molecule has 0 aromatic heterocycles. The number of hydrogen-bond donors (Lipinski definition) is 1. The van der Waals surface area contributed by atoms with Gasteiger partial charge in [-0.25, -0.2) is 0 Å². The highest BCUT2D eigenvalue weighted by Gasteiger charge is 2.27. The molecule has 17 heavy (non-hydrogen) atoms. The summed E-state index contributed by atoms with van der Waals surface area (Å²) in [6, 6.07) is 0.434. The van der Waals surface area contributed by atoms with Gasteiger partial charge in [-0.3, -0.25) is 0 Å². The topological polar surface area (TPSA) is 21.3 Å². The zero-order valence-electron chi connectivity index (χ0n) is 10.8. The van der Waals surface area contributed by atoms with E-state index in [0.717, 1.165) is 6.42 Å². The molecule has 0 aromatic rings. The largest absolute Gasteiger partial charge is 0.411 e. The Balaban J connectivity index is 3.22. The van der Waals surface area contributed by atoms with Gasteiger partial charge in [0.25, 0.3) is 0 Å². The van der Waals surface area contributed by atoms with E-state index >= 15 is 0 Å². The van der Waals surface area contributed by atoms with E-state index in [1.54, 1.807) is 0 Å². The van der Waals surface area contributed by atoms with Crippen molar-refractivity contribution in [3.63, 3.8) is 0 Å². The average molecular weight is 255 g/mol. The van der Waals surface area contributed by atoms with Gasteiger partial charge in [0.05, 0.1) is 0 Å². The Morgan fingerprint density at radius 3 is 2.47 bits per heavy atom. The normalized spacial score (nSPS) is 13.9. The maximum Gasteiger partial charge on any atom is 0.411 e. The molecule has 0 saturated carbocycles. The molecule has 2 nitrogen and oxygen atoms in total. The molecule has 0 rings (SSSR count). The highest BCUT2D eigenvalue weighted by Crippen LogP contribution is 2.14. The van der Waals surface area contributed by atoms with Crippen molar-refractivity contribution < 1.29 is 17.9 Å². The fraction of sp³-hybridized carbons (Fsp3) is 1.00. The number of nitrogens with one attached hydrogen (secondary N) is 1. The maximum absolute atomic E-state index is 11.7. The molecular formula is C12H24F3NO. The van der Waals surface area contributed by atoms with E-state index in [0.29, 0.717) is 19.0 Å². The molecule has 0 fully saturated rings. The lowest BCUT2D eigenvalue weighted by molar-refractivity contribution is -0.173. The molecule has 5 heteroatoms.